The molecule has 0 aliphatic carbocycles. The molecule has 0 aliphatic heterocycles. The molecule has 0 unspecified atom stereocenters. The average Bonchev–Trinajstić information content (AvgIpc) is 2.42. The second-order valence-electron chi connectivity index (χ2n) is 4.46. The molecule has 0 fully saturated rings. The van der Waals surface area contributed by atoms with Crippen molar-refractivity contribution in [1.82, 2.24) is 9.80 Å². The summed E-state index contributed by atoms with van der Waals surface area (Å²) in [5.41, 5.74) is 0. The summed E-state index contributed by atoms with van der Waals surface area (Å²) in [6.07, 6.45) is -0.231. The van der Waals surface area contributed by atoms with E-state index in [0.717, 1.165) is 13.1 Å². The van der Waals surface area contributed by atoms with E-state index in [-0.39, 0.29) is 6.10 Å². The molecule has 0 atom stereocenters. The fraction of sp³-hybridized carbons (Fsp3) is 0.583. The molecule has 0 bridgehead atoms. The quantitative estimate of drug-likeness (QED) is 0.681. The average molecular weight is 332 g/mol. The van der Waals surface area contributed by atoms with Crippen LogP contribution in [0.3, 0.4) is 0 Å². The number of likely N-dealkylation sites (N-methyl/N-ethyl adjacent to an activating group) is 2. The van der Waals surface area contributed by atoms with E-state index in [2.05, 4.69) is 0 Å². The predicted octanol–water partition coefficient (Wildman–Crippen LogP) is -0.448. The molecule has 0 aromatic rings. The van der Waals surface area contributed by atoms with Crippen LogP contribution in [0.2, 0.25) is 0 Å². The van der Waals surface area contributed by atoms with Crippen molar-refractivity contribution in [3.63, 3.8) is 0 Å². The Hall–Kier alpha value is -2.15. The second kappa shape index (κ2) is 8.91. The van der Waals surface area contributed by atoms with Crippen LogP contribution in [0.5, 0.6) is 0 Å². The molecule has 8 nitrogen and oxygen atoms in total. The molecule has 115 valence electrons. The molecular weight excluding hydrogens is 314 g/mol. The zero-order valence-corrected chi connectivity index (χ0v) is 13.5. The van der Waals surface area contributed by atoms with Crippen molar-refractivity contribution >= 4 is 0 Å². The first-order valence-corrected chi connectivity index (χ1v) is 8.26. The zero-order valence-electron chi connectivity index (χ0n) is 12.4. The third-order valence-corrected chi connectivity index (χ3v) is 4.41. The van der Waals surface area contributed by atoms with Crippen LogP contribution in [0.25, 0.3) is 0 Å². The Labute approximate surface area is 125 Å². The topological polar surface area (TPSA) is 146 Å². The van der Waals surface area contributed by atoms with Crippen LogP contribution in [0, 0.1) is 51.1 Å². The van der Waals surface area contributed by atoms with Crippen molar-refractivity contribution in [2.75, 3.05) is 41.3 Å². The van der Waals surface area contributed by atoms with E-state index in [4.69, 9.17) is 26.3 Å². The number of nitrogens with zero attached hydrogens (tertiary/aromatic N) is 7. The molecule has 0 heterocycles. The molecule has 0 saturated heterocycles. The van der Waals surface area contributed by atoms with Gasteiger partial charge in [0, 0.05) is 13.1 Å². The van der Waals surface area contributed by atoms with E-state index in [9.17, 15) is 5.11 Å². The molecule has 0 radical (unpaired) electrons. The zero-order chi connectivity index (χ0) is 17.1. The summed E-state index contributed by atoms with van der Waals surface area (Å²) < 4.78 is 0. The van der Waals surface area contributed by atoms with Crippen molar-refractivity contribution in [1.29, 1.82) is 26.3 Å². The number of hydrogen-bond donors (Lipinski definition) is 1. The molecule has 0 aromatic carbocycles. The monoisotopic (exact) mass is 332 g/mol. The van der Waals surface area contributed by atoms with Crippen LogP contribution in [-0.2, 0) is 11.8 Å². The SMILES string of the molecule is CN(C)CC(O)CN(C)C.N#[C][Fe]([C]#N)([C]#N)([C]#N)[C]#N. The first kappa shape index (κ1) is 21.2. The molecule has 21 heavy (non-hydrogen) atoms. The maximum absolute atomic E-state index is 9.31. The minimum atomic E-state index is -4.78. The van der Waals surface area contributed by atoms with Gasteiger partial charge in [-0.3, -0.25) is 0 Å². The van der Waals surface area contributed by atoms with Gasteiger partial charge in [-0.25, -0.2) is 0 Å². The van der Waals surface area contributed by atoms with E-state index >= 15 is 0 Å². The van der Waals surface area contributed by atoms with Crippen molar-refractivity contribution in [3.8, 4) is 24.8 Å². The van der Waals surface area contributed by atoms with E-state index in [1.165, 1.54) is 24.8 Å². The first-order valence-electron chi connectivity index (χ1n) is 5.50. The third-order valence-electron chi connectivity index (χ3n) is 1.94. The fourth-order valence-electron chi connectivity index (χ4n) is 1.08. The van der Waals surface area contributed by atoms with Gasteiger partial charge in [0.2, 0.25) is 0 Å². The Bertz CT molecular complexity index is 444. The number of hydrogen-bond acceptors (Lipinski definition) is 8. The van der Waals surface area contributed by atoms with E-state index < -0.39 is 11.8 Å². The van der Waals surface area contributed by atoms with Crippen molar-refractivity contribution < 1.29 is 16.9 Å². The molecule has 0 saturated carbocycles. The summed E-state index contributed by atoms with van der Waals surface area (Å²) >= 11 is -4.78. The normalized spacial score (nSPS) is 11.7. The fourth-order valence-corrected chi connectivity index (χ4v) is 1.63. The van der Waals surface area contributed by atoms with Gasteiger partial charge in [-0.1, -0.05) is 0 Å². The van der Waals surface area contributed by atoms with E-state index in [1.54, 1.807) is 0 Å². The molecular formula is C12H18FeN7O. The number of nitriles is 5. The molecule has 0 amide bonds. The summed E-state index contributed by atoms with van der Waals surface area (Å²) in [6, 6.07) is 0. The van der Waals surface area contributed by atoms with Crippen molar-refractivity contribution in [2.24, 2.45) is 0 Å². The summed E-state index contributed by atoms with van der Waals surface area (Å²) in [6.45, 7) is 1.47. The molecule has 9 heteroatoms. The molecule has 1 N–H and O–H groups in total. The van der Waals surface area contributed by atoms with Crippen LogP contribution in [0.4, 0.5) is 0 Å². The molecule has 0 aliphatic rings. The summed E-state index contributed by atoms with van der Waals surface area (Å²) in [5, 5.41) is 51.1. The molecule has 0 aromatic heterocycles. The number of aliphatic hydroxyl groups is 1. The van der Waals surface area contributed by atoms with Gasteiger partial charge in [-0.15, -0.1) is 0 Å². The standard InChI is InChI=1S/C7H18N2O.5CN.Fe/c1-8(2)5-7(10)6-9(3)4;5*1-2;/h7,10H,5-6H2,1-4H3;;;;;;. The Kier molecular flexibility index (Phi) is 8.97. The van der Waals surface area contributed by atoms with Gasteiger partial charge in [-0.2, -0.15) is 0 Å². The van der Waals surface area contributed by atoms with E-state index in [1.807, 2.05) is 38.0 Å². The third kappa shape index (κ3) is 6.71. The Balaban J connectivity index is 0. The summed E-state index contributed by atoms with van der Waals surface area (Å²) in [4.78, 5) is 10.1. The van der Waals surface area contributed by atoms with Gasteiger partial charge in [-0.05, 0) is 28.2 Å². The van der Waals surface area contributed by atoms with Crippen molar-refractivity contribution in [3.05, 3.63) is 0 Å². The van der Waals surface area contributed by atoms with Gasteiger partial charge in [0.1, 0.15) is 0 Å². The summed E-state index contributed by atoms with van der Waals surface area (Å²) in [7, 11) is 7.83. The van der Waals surface area contributed by atoms with Crippen LogP contribution in [-0.4, -0.2) is 62.3 Å². The second-order valence-corrected chi connectivity index (χ2v) is 8.45. The van der Waals surface area contributed by atoms with Crippen molar-refractivity contribution in [2.45, 2.75) is 6.10 Å². The molecule has 0 rings (SSSR count). The van der Waals surface area contributed by atoms with Crippen LogP contribution in [0.15, 0.2) is 0 Å². The van der Waals surface area contributed by atoms with Crippen LogP contribution in [0.1, 0.15) is 0 Å². The minimum absolute atomic E-state index is 0.231. The van der Waals surface area contributed by atoms with E-state index in [0.29, 0.717) is 0 Å². The van der Waals surface area contributed by atoms with Gasteiger partial charge in [0.25, 0.3) is 0 Å². The number of aliphatic hydroxyl groups excluding tert-OH is 1. The van der Waals surface area contributed by atoms with Crippen LogP contribution < -0.4 is 0 Å². The van der Waals surface area contributed by atoms with Gasteiger partial charge in [0.15, 0.2) is 0 Å². The van der Waals surface area contributed by atoms with Gasteiger partial charge < -0.3 is 14.9 Å². The Morgan fingerprint density at radius 2 is 1.00 bits per heavy atom. The summed E-state index contributed by atoms with van der Waals surface area (Å²) in [5.74, 6) is 0. The predicted molar refractivity (Wildman–Crippen MR) is 71.2 cm³/mol. The Morgan fingerprint density at radius 3 is 1.10 bits per heavy atom. The van der Waals surface area contributed by atoms with Gasteiger partial charge in [0.05, 0.1) is 6.10 Å². The first-order chi connectivity index (χ1) is 9.64. The Morgan fingerprint density at radius 1 is 0.762 bits per heavy atom. The maximum atomic E-state index is 9.31. The van der Waals surface area contributed by atoms with Gasteiger partial charge >= 0.3 is 62.9 Å². The molecule has 0 spiro atoms. The number of rotatable bonds is 4. The van der Waals surface area contributed by atoms with Crippen LogP contribution >= 0.6 is 0 Å².